The Kier molecular flexibility index (Phi) is 10.9. The van der Waals surface area contributed by atoms with Crippen molar-refractivity contribution in [3.8, 4) is 17.4 Å². The van der Waals surface area contributed by atoms with Gasteiger partial charge in [0.1, 0.15) is 29.3 Å². The fourth-order valence-corrected chi connectivity index (χ4v) is 9.33. The number of ether oxygens (including phenoxy) is 2. The maximum atomic E-state index is 14.7. The summed E-state index contributed by atoms with van der Waals surface area (Å²) >= 11 is 0. The number of sulfonamides is 1. The molecule has 0 bridgehead atoms. The number of Topliss-reactive ketones (excluding diaryl/α,β-unsaturated/α-hetero) is 1. The predicted molar refractivity (Wildman–Crippen MR) is 210 cm³/mol. The second-order valence-electron chi connectivity index (χ2n) is 16.7. The zero-order valence-electron chi connectivity index (χ0n) is 33.1. The Balaban J connectivity index is 1.23. The lowest BCUT2D eigenvalue weighted by Crippen LogP contribution is -2.52. The molecule has 2 aliphatic heterocycles. The van der Waals surface area contributed by atoms with Crippen LogP contribution in [0.2, 0.25) is 0 Å². The molecule has 2 aliphatic carbocycles. The number of aromatic nitrogens is 3. The molecule has 2 aromatic heterocycles. The van der Waals surface area contributed by atoms with Crippen LogP contribution in [0, 0.1) is 18.3 Å². The lowest BCUT2D eigenvalue weighted by atomic mass is 9.91. The van der Waals surface area contributed by atoms with Crippen LogP contribution in [0.3, 0.4) is 0 Å². The highest BCUT2D eigenvalue weighted by Gasteiger charge is 2.62. The first-order valence-corrected chi connectivity index (χ1v) is 21.3. The van der Waals surface area contributed by atoms with Gasteiger partial charge in [0.05, 0.1) is 34.4 Å². The van der Waals surface area contributed by atoms with Gasteiger partial charge in [-0.25, -0.2) is 13.4 Å². The number of amides is 3. The SMILES string of the molecule is Cc1c(O)ccc2c(O[C@@H]3C[C@H]4C(=O)C[C@]5(C(=O)NS(=O)(=O)C6(C)CC6)C[C@H]5/C=C\CCCCC[C@H](NC(=O)c5ccn(C)n5)C(=O)N4C3)cc(OC(C)C)nc12. The summed E-state index contributed by atoms with van der Waals surface area (Å²) < 4.78 is 41.8. The number of fused-ring (bicyclic) bond motifs is 3. The highest BCUT2D eigenvalue weighted by atomic mass is 32.2. The molecule has 7 rings (SSSR count). The van der Waals surface area contributed by atoms with Crippen LogP contribution in [-0.4, -0.2) is 92.3 Å². The molecule has 0 radical (unpaired) electrons. The summed E-state index contributed by atoms with van der Waals surface area (Å²) in [6.45, 7) is 7.05. The van der Waals surface area contributed by atoms with Gasteiger partial charge in [0.15, 0.2) is 5.78 Å². The van der Waals surface area contributed by atoms with Crippen LogP contribution in [-0.2, 0) is 31.5 Å². The predicted octanol–water partition coefficient (Wildman–Crippen LogP) is 4.40. The first kappa shape index (κ1) is 40.2. The number of aryl methyl sites for hydroxylation is 2. The van der Waals surface area contributed by atoms with Gasteiger partial charge in [0.2, 0.25) is 27.7 Å². The van der Waals surface area contributed by atoms with Gasteiger partial charge < -0.3 is 24.8 Å². The minimum Gasteiger partial charge on any atom is -0.508 e. The van der Waals surface area contributed by atoms with Gasteiger partial charge in [0, 0.05) is 43.1 Å². The van der Waals surface area contributed by atoms with Crippen LogP contribution in [0.1, 0.15) is 101 Å². The Morgan fingerprint density at radius 3 is 2.58 bits per heavy atom. The Morgan fingerprint density at radius 1 is 1.11 bits per heavy atom. The van der Waals surface area contributed by atoms with Crippen LogP contribution < -0.4 is 19.5 Å². The summed E-state index contributed by atoms with van der Waals surface area (Å²) in [5.41, 5.74) is -0.154. The lowest BCUT2D eigenvalue weighted by Gasteiger charge is -2.29. The maximum absolute atomic E-state index is 14.7. The van der Waals surface area contributed by atoms with E-state index in [4.69, 9.17) is 9.47 Å². The molecule has 16 heteroatoms. The molecule has 3 amide bonds. The number of pyridine rings is 1. The van der Waals surface area contributed by atoms with E-state index in [1.807, 2.05) is 26.0 Å². The molecule has 2 saturated carbocycles. The highest BCUT2D eigenvalue weighted by molar-refractivity contribution is 7.91. The molecule has 306 valence electrons. The van der Waals surface area contributed by atoms with Gasteiger partial charge in [-0.1, -0.05) is 25.0 Å². The van der Waals surface area contributed by atoms with E-state index < -0.39 is 61.9 Å². The van der Waals surface area contributed by atoms with Gasteiger partial charge in [-0.15, -0.1) is 0 Å². The number of nitrogens with zero attached hydrogens (tertiary/aromatic N) is 4. The number of carbonyl (C=O) groups is 4. The summed E-state index contributed by atoms with van der Waals surface area (Å²) in [6.07, 6.45) is 8.80. The Hall–Kier alpha value is -4.99. The van der Waals surface area contributed by atoms with Crippen molar-refractivity contribution in [2.75, 3.05) is 6.54 Å². The second-order valence-corrected chi connectivity index (χ2v) is 18.9. The van der Waals surface area contributed by atoms with Crippen molar-refractivity contribution in [3.63, 3.8) is 0 Å². The Labute approximate surface area is 332 Å². The number of allylic oxidation sites excluding steroid dienone is 2. The number of rotatable bonds is 9. The first-order chi connectivity index (χ1) is 27.0. The topological polar surface area (TPSA) is 199 Å². The molecule has 0 spiro atoms. The van der Waals surface area contributed by atoms with E-state index in [0.29, 0.717) is 60.7 Å². The molecule has 5 atom stereocenters. The summed E-state index contributed by atoms with van der Waals surface area (Å²) in [5, 5.41) is 18.2. The zero-order valence-corrected chi connectivity index (χ0v) is 33.9. The average molecular weight is 805 g/mol. The van der Waals surface area contributed by atoms with Crippen molar-refractivity contribution in [2.24, 2.45) is 18.4 Å². The van der Waals surface area contributed by atoms with E-state index in [-0.39, 0.29) is 48.7 Å². The fraction of sp³-hybridized carbons (Fsp3) is 0.561. The third kappa shape index (κ3) is 8.23. The van der Waals surface area contributed by atoms with Crippen molar-refractivity contribution < 1.29 is 42.2 Å². The third-order valence-electron chi connectivity index (χ3n) is 11.9. The third-order valence-corrected chi connectivity index (χ3v) is 14.1. The monoisotopic (exact) mass is 804 g/mol. The van der Waals surface area contributed by atoms with Gasteiger partial charge >= 0.3 is 0 Å². The largest absolute Gasteiger partial charge is 0.508 e. The zero-order chi connectivity index (χ0) is 40.9. The quantitative estimate of drug-likeness (QED) is 0.259. The molecular weight excluding hydrogens is 753 g/mol. The molecule has 1 saturated heterocycles. The number of carbonyl (C=O) groups excluding carboxylic acids is 4. The smallest absolute Gasteiger partial charge is 0.272 e. The Morgan fingerprint density at radius 2 is 1.88 bits per heavy atom. The van der Waals surface area contributed by atoms with Crippen molar-refractivity contribution in [1.82, 2.24) is 29.7 Å². The minimum atomic E-state index is -3.97. The molecule has 1 aromatic carbocycles. The molecule has 3 aromatic rings. The number of hydrogen-bond donors (Lipinski definition) is 3. The molecular formula is C41H52N6O9S. The van der Waals surface area contributed by atoms with E-state index in [9.17, 15) is 32.7 Å². The Bertz CT molecular complexity index is 2230. The molecule has 4 heterocycles. The van der Waals surface area contributed by atoms with E-state index >= 15 is 0 Å². The summed E-state index contributed by atoms with van der Waals surface area (Å²) in [6, 6.07) is 4.41. The lowest BCUT2D eigenvalue weighted by molar-refractivity contribution is -0.140. The van der Waals surface area contributed by atoms with Crippen molar-refractivity contribution >= 4 is 44.4 Å². The van der Waals surface area contributed by atoms with Crippen LogP contribution in [0.25, 0.3) is 10.9 Å². The number of benzene rings is 1. The van der Waals surface area contributed by atoms with Crippen LogP contribution in [0.4, 0.5) is 0 Å². The number of hydrogen-bond acceptors (Lipinski definition) is 11. The number of nitrogens with one attached hydrogen (secondary N) is 2. The number of phenolic OH excluding ortho intramolecular Hbond substituents is 1. The standard InChI is InChI=1S/C41H52N6O9S/c1-24(2)55-35-20-34(28-13-14-32(48)25(3)36(28)43-35)56-27-19-31-33(49)22-41(39(52)45-57(53,54)40(4)16-17-40)21-26(41)11-9-7-6-8-10-12-30(38(51)47(31)23-27)42-37(50)29-15-18-46(5)44-29/h9,11,13-15,18,20,24,26-27,30-31,48H,6-8,10,12,16-17,19,21-23H2,1-5H3,(H,42,50)(H,45,52)/b11-9-/t26-,27-,30+,31+,41-/m1/s1. The van der Waals surface area contributed by atoms with Crippen molar-refractivity contribution in [2.45, 2.75) is 121 Å². The van der Waals surface area contributed by atoms with Gasteiger partial charge in [0.25, 0.3) is 5.91 Å². The average Bonchev–Trinajstić information content (AvgIpc) is 3.95. The van der Waals surface area contributed by atoms with Crippen LogP contribution in [0.5, 0.6) is 17.4 Å². The fourth-order valence-electron chi connectivity index (χ4n) is 8.00. The van der Waals surface area contributed by atoms with Crippen molar-refractivity contribution in [3.05, 3.63) is 53.9 Å². The number of ketones is 1. The van der Waals surface area contributed by atoms with Gasteiger partial charge in [-0.2, -0.15) is 5.10 Å². The summed E-state index contributed by atoms with van der Waals surface area (Å²) in [7, 11) is -2.28. The summed E-state index contributed by atoms with van der Waals surface area (Å²) in [5.74, 6) is -1.73. The maximum Gasteiger partial charge on any atom is 0.272 e. The molecule has 4 aliphatic rings. The second kappa shape index (κ2) is 15.4. The van der Waals surface area contributed by atoms with E-state index in [2.05, 4.69) is 20.1 Å². The molecule has 15 nitrogen and oxygen atoms in total. The van der Waals surface area contributed by atoms with Gasteiger partial charge in [-0.3, -0.25) is 28.6 Å². The van der Waals surface area contributed by atoms with Crippen LogP contribution in [0.15, 0.2) is 42.6 Å². The van der Waals surface area contributed by atoms with E-state index in [1.165, 1.54) is 9.58 Å². The highest BCUT2D eigenvalue weighted by Crippen LogP contribution is 2.57. The van der Waals surface area contributed by atoms with Crippen LogP contribution >= 0.6 is 0 Å². The number of phenols is 1. The van der Waals surface area contributed by atoms with E-state index in [1.54, 1.807) is 51.4 Å². The summed E-state index contributed by atoms with van der Waals surface area (Å²) in [4.78, 5) is 62.8. The first-order valence-electron chi connectivity index (χ1n) is 19.8. The van der Waals surface area contributed by atoms with Crippen molar-refractivity contribution in [1.29, 1.82) is 0 Å². The van der Waals surface area contributed by atoms with Gasteiger partial charge in [-0.05, 0) is 90.3 Å². The van der Waals surface area contributed by atoms with E-state index in [0.717, 1.165) is 12.8 Å². The normalized spacial score (nSPS) is 26.8. The molecule has 57 heavy (non-hydrogen) atoms. The molecule has 3 N–H and O–H groups in total. The minimum absolute atomic E-state index is 0.0122. The molecule has 0 unspecified atom stereocenters. The number of aromatic hydroxyl groups is 1. The molecule has 3 fully saturated rings.